The van der Waals surface area contributed by atoms with Crippen LogP contribution in [-0.4, -0.2) is 90.2 Å². The van der Waals surface area contributed by atoms with Gasteiger partial charge in [0.25, 0.3) is 0 Å². The molecule has 0 aromatic rings. The molecule has 0 heterocycles. The van der Waals surface area contributed by atoms with E-state index in [1.54, 1.807) is 0 Å². The first kappa shape index (κ1) is 37.0. The predicted octanol–water partition coefficient (Wildman–Crippen LogP) is -1.23. The minimum absolute atomic E-state index is 0.763. The van der Waals surface area contributed by atoms with Crippen molar-refractivity contribution in [3.63, 3.8) is 0 Å². The Morgan fingerprint density at radius 2 is 0.439 bits per heavy atom. The molecule has 0 aliphatic carbocycles. The van der Waals surface area contributed by atoms with Gasteiger partial charge in [-0.3, -0.25) is 0 Å². The van der Waals surface area contributed by atoms with E-state index in [2.05, 4.69) is 0 Å². The van der Waals surface area contributed by atoms with Crippen molar-refractivity contribution >= 4 is 90.2 Å². The Kier molecular flexibility index (Phi) is 13.7. The van der Waals surface area contributed by atoms with Gasteiger partial charge in [0, 0.05) is 0 Å². The van der Waals surface area contributed by atoms with E-state index in [0.29, 0.717) is 0 Å². The van der Waals surface area contributed by atoms with E-state index in [1.165, 1.54) is 0 Å². The molecule has 224 valence electrons. The van der Waals surface area contributed by atoms with Crippen LogP contribution in [0.15, 0.2) is 0 Å². The van der Waals surface area contributed by atoms with Crippen molar-refractivity contribution in [2.45, 2.75) is 55.4 Å². The summed E-state index contributed by atoms with van der Waals surface area (Å²) < 4.78 is 19.6. The SMILES string of the molecule is CC(=O)C(C(C)=O)C(=O)[O][Sn]([O]C(=O)C(C(C)=O)C(C)=O)([O]C(=O)C(C(C)=O)C(C)=O)[O]C(=O)C(C(C)=O)C(C)=O. The van der Waals surface area contributed by atoms with Crippen molar-refractivity contribution in [1.82, 2.24) is 0 Å². The number of carbonyl (C=O) groups is 12. The van der Waals surface area contributed by atoms with Crippen molar-refractivity contribution in [3.05, 3.63) is 0 Å². The zero-order valence-corrected chi connectivity index (χ0v) is 26.2. The molecule has 0 amide bonds. The summed E-state index contributed by atoms with van der Waals surface area (Å²) in [6, 6.07) is 0. The second-order valence-electron chi connectivity index (χ2n) is 8.80. The molecule has 41 heavy (non-hydrogen) atoms. The third-order valence-electron chi connectivity index (χ3n) is 5.10. The maximum atomic E-state index is 12.9. The number of hydrogen-bond acceptors (Lipinski definition) is 16. The van der Waals surface area contributed by atoms with Crippen LogP contribution in [-0.2, 0) is 69.8 Å². The molecule has 0 aliphatic rings. The summed E-state index contributed by atoms with van der Waals surface area (Å²) in [5.74, 6) is -25.9. The summed E-state index contributed by atoms with van der Waals surface area (Å²) in [5, 5.41) is 0. The van der Waals surface area contributed by atoms with Gasteiger partial charge in [-0.15, -0.1) is 0 Å². The zero-order valence-electron chi connectivity index (χ0n) is 23.3. The summed E-state index contributed by atoms with van der Waals surface area (Å²) in [5.41, 5.74) is 0. The minimum atomic E-state index is -7.34. The van der Waals surface area contributed by atoms with Crippen molar-refractivity contribution in [3.8, 4) is 0 Å². The van der Waals surface area contributed by atoms with Gasteiger partial charge < -0.3 is 0 Å². The predicted molar refractivity (Wildman–Crippen MR) is 130 cm³/mol. The molecular formula is C24H28O16Sn. The van der Waals surface area contributed by atoms with Crippen LogP contribution in [0.1, 0.15) is 55.4 Å². The number of hydrogen-bond donors (Lipinski definition) is 0. The molecule has 0 aromatic heterocycles. The van der Waals surface area contributed by atoms with E-state index >= 15 is 0 Å². The van der Waals surface area contributed by atoms with E-state index in [1.807, 2.05) is 0 Å². The Morgan fingerprint density at radius 3 is 0.537 bits per heavy atom. The zero-order chi connectivity index (χ0) is 32.6. The molecular weight excluding hydrogens is 663 g/mol. The Morgan fingerprint density at radius 1 is 0.317 bits per heavy atom. The molecule has 17 heteroatoms. The fourth-order valence-electron chi connectivity index (χ4n) is 3.33. The summed E-state index contributed by atoms with van der Waals surface area (Å²) in [6.45, 7) is 6.10. The van der Waals surface area contributed by atoms with Crippen molar-refractivity contribution < 1.29 is 69.8 Å². The van der Waals surface area contributed by atoms with Crippen LogP contribution in [0.2, 0.25) is 0 Å². The van der Waals surface area contributed by atoms with Crippen LogP contribution in [0.25, 0.3) is 0 Å². The normalized spacial score (nSPS) is 11.0. The summed E-state index contributed by atoms with van der Waals surface area (Å²) in [4.78, 5) is 147. The van der Waals surface area contributed by atoms with E-state index in [-0.39, 0.29) is 0 Å². The maximum absolute atomic E-state index is 12.9. The molecule has 16 nitrogen and oxygen atoms in total. The van der Waals surface area contributed by atoms with Crippen LogP contribution in [0, 0.1) is 23.7 Å². The van der Waals surface area contributed by atoms with Crippen molar-refractivity contribution in [1.29, 1.82) is 0 Å². The number of ketones is 8. The second-order valence-corrected chi connectivity index (χ2v) is 14.0. The molecule has 0 spiro atoms. The Hall–Kier alpha value is -3.96. The second kappa shape index (κ2) is 15.2. The first-order chi connectivity index (χ1) is 18.6. The van der Waals surface area contributed by atoms with E-state index < -0.39 is 114 Å². The monoisotopic (exact) mass is 692 g/mol. The molecule has 0 atom stereocenters. The number of rotatable bonds is 16. The quantitative estimate of drug-likeness (QED) is 0.136. The molecule has 0 saturated heterocycles. The van der Waals surface area contributed by atoms with Gasteiger partial charge in [0.15, 0.2) is 0 Å². The van der Waals surface area contributed by atoms with Gasteiger partial charge >= 0.3 is 239 Å². The van der Waals surface area contributed by atoms with Gasteiger partial charge in [0.1, 0.15) is 0 Å². The van der Waals surface area contributed by atoms with Crippen LogP contribution in [0.4, 0.5) is 0 Å². The average Bonchev–Trinajstić information content (AvgIpc) is 2.70. The third kappa shape index (κ3) is 10.2. The Balaban J connectivity index is 7.43. The average molecular weight is 691 g/mol. The molecule has 0 aliphatic heterocycles. The summed E-state index contributed by atoms with van der Waals surface area (Å²) >= 11 is -7.34. The van der Waals surface area contributed by atoms with E-state index in [0.717, 1.165) is 55.4 Å². The Bertz CT molecular complexity index is 982. The molecule has 0 bridgehead atoms. The van der Waals surface area contributed by atoms with Crippen LogP contribution in [0.3, 0.4) is 0 Å². The van der Waals surface area contributed by atoms with Gasteiger partial charge in [0.2, 0.25) is 0 Å². The fraction of sp³-hybridized carbons (Fsp3) is 0.500. The first-order valence-corrected chi connectivity index (χ1v) is 16.2. The van der Waals surface area contributed by atoms with Gasteiger partial charge in [0.05, 0.1) is 0 Å². The van der Waals surface area contributed by atoms with Crippen LogP contribution < -0.4 is 0 Å². The molecule has 0 radical (unpaired) electrons. The van der Waals surface area contributed by atoms with Crippen molar-refractivity contribution in [2.24, 2.45) is 23.7 Å². The molecule has 0 aromatic carbocycles. The third-order valence-corrected chi connectivity index (χ3v) is 10.2. The fourth-order valence-corrected chi connectivity index (χ4v) is 8.20. The molecule has 0 fully saturated rings. The summed E-state index contributed by atoms with van der Waals surface area (Å²) in [6.07, 6.45) is 0. The molecule has 0 rings (SSSR count). The summed E-state index contributed by atoms with van der Waals surface area (Å²) in [7, 11) is 0. The topological polar surface area (TPSA) is 242 Å². The molecule has 0 saturated carbocycles. The van der Waals surface area contributed by atoms with Crippen molar-refractivity contribution in [2.75, 3.05) is 0 Å². The van der Waals surface area contributed by atoms with Crippen LogP contribution in [0.5, 0.6) is 0 Å². The van der Waals surface area contributed by atoms with Gasteiger partial charge in [-0.1, -0.05) is 0 Å². The van der Waals surface area contributed by atoms with Gasteiger partial charge in [-0.05, 0) is 0 Å². The van der Waals surface area contributed by atoms with Gasteiger partial charge in [-0.2, -0.15) is 0 Å². The molecule has 0 N–H and O–H groups in total. The standard InChI is InChI=1S/4C6H8O4.Sn/c4*1-3(7)5(4(2)8)6(9)10;/h4*5H,1-2H3,(H,9,10);/q;;;;+4/p-4. The first-order valence-electron chi connectivity index (χ1n) is 11.5. The van der Waals surface area contributed by atoms with Crippen LogP contribution >= 0.6 is 0 Å². The van der Waals surface area contributed by atoms with E-state index in [4.69, 9.17) is 12.3 Å². The Labute approximate surface area is 238 Å². The number of Topliss-reactive ketones (excluding diaryl/α,β-unsaturated/α-hetero) is 8. The van der Waals surface area contributed by atoms with E-state index in [9.17, 15) is 57.5 Å². The molecule has 0 unspecified atom stereocenters. The van der Waals surface area contributed by atoms with Gasteiger partial charge in [-0.25, -0.2) is 0 Å². The number of carbonyl (C=O) groups excluding carboxylic acids is 12.